The van der Waals surface area contributed by atoms with Gasteiger partial charge in [0, 0.05) is 24.0 Å². The summed E-state index contributed by atoms with van der Waals surface area (Å²) in [5, 5.41) is 3.00. The van der Waals surface area contributed by atoms with E-state index in [1.165, 1.54) is 11.8 Å². The van der Waals surface area contributed by atoms with E-state index in [9.17, 15) is 13.2 Å². The van der Waals surface area contributed by atoms with Crippen molar-refractivity contribution in [1.29, 1.82) is 0 Å². The van der Waals surface area contributed by atoms with E-state index < -0.39 is 9.84 Å². The lowest BCUT2D eigenvalue weighted by atomic mass is 10.2. The second-order valence-corrected chi connectivity index (χ2v) is 10.2. The van der Waals surface area contributed by atoms with Crippen LogP contribution in [0, 0.1) is 0 Å². The third kappa shape index (κ3) is 6.38. The molecule has 1 aromatic carbocycles. The van der Waals surface area contributed by atoms with Gasteiger partial charge in [-0.2, -0.15) is 0 Å². The number of sulfone groups is 1. The summed E-state index contributed by atoms with van der Waals surface area (Å²) in [6.45, 7) is 8.33. The van der Waals surface area contributed by atoms with Crippen LogP contribution in [0.3, 0.4) is 0 Å². The third-order valence-electron chi connectivity index (χ3n) is 4.53. The van der Waals surface area contributed by atoms with E-state index in [1.54, 1.807) is 18.2 Å². The smallest absolute Gasteiger partial charge is 0.236 e. The van der Waals surface area contributed by atoms with Gasteiger partial charge < -0.3 is 10.2 Å². The molecular weight excluding hydrogens is 404 g/mol. The highest BCUT2D eigenvalue weighted by molar-refractivity contribution is 8.01. The molecule has 1 aromatic rings. The van der Waals surface area contributed by atoms with Crippen LogP contribution in [-0.4, -0.2) is 55.9 Å². The molecular formula is C19H31ClN2O3S2. The van der Waals surface area contributed by atoms with Crippen molar-refractivity contribution in [3.05, 3.63) is 24.3 Å². The van der Waals surface area contributed by atoms with Crippen LogP contribution in [0.4, 0.5) is 0 Å². The first-order valence-electron chi connectivity index (χ1n) is 9.40. The van der Waals surface area contributed by atoms with Gasteiger partial charge in [0.2, 0.25) is 5.91 Å². The molecule has 1 heterocycles. The molecule has 8 heteroatoms. The average molecular weight is 435 g/mol. The Morgan fingerprint density at radius 1 is 1.30 bits per heavy atom. The number of amides is 1. The summed E-state index contributed by atoms with van der Waals surface area (Å²) in [6.07, 6.45) is 2.47. The van der Waals surface area contributed by atoms with Crippen molar-refractivity contribution < 1.29 is 13.2 Å². The summed E-state index contributed by atoms with van der Waals surface area (Å²) in [5.41, 5.74) is 0. The molecule has 1 amide bonds. The van der Waals surface area contributed by atoms with Crippen molar-refractivity contribution in [2.75, 3.05) is 25.4 Å². The van der Waals surface area contributed by atoms with Gasteiger partial charge in [0.05, 0.1) is 15.9 Å². The molecule has 1 N–H and O–H groups in total. The number of rotatable bonds is 9. The maximum Gasteiger partial charge on any atom is 0.236 e. The minimum absolute atomic E-state index is 0. The molecule has 0 aromatic heterocycles. The number of hydrogen-bond donors (Lipinski definition) is 1. The largest absolute Gasteiger partial charge is 0.337 e. The van der Waals surface area contributed by atoms with E-state index in [0.717, 1.165) is 32.5 Å². The molecule has 0 spiro atoms. The first-order chi connectivity index (χ1) is 12.4. The Morgan fingerprint density at radius 3 is 2.59 bits per heavy atom. The Balaban J connectivity index is 0.00000364. The average Bonchev–Trinajstić information content (AvgIpc) is 3.13. The number of carbonyl (C=O) groups is 1. The molecule has 1 fully saturated rings. The molecule has 27 heavy (non-hydrogen) atoms. The fraction of sp³-hybridized carbons (Fsp3) is 0.632. The van der Waals surface area contributed by atoms with E-state index in [-0.39, 0.29) is 35.4 Å². The highest BCUT2D eigenvalue weighted by atomic mass is 35.5. The minimum atomic E-state index is -3.31. The zero-order chi connectivity index (χ0) is 19.2. The highest BCUT2D eigenvalue weighted by Crippen LogP contribution is 2.32. The van der Waals surface area contributed by atoms with Crippen molar-refractivity contribution in [2.24, 2.45) is 0 Å². The van der Waals surface area contributed by atoms with Gasteiger partial charge in [0.25, 0.3) is 0 Å². The van der Waals surface area contributed by atoms with Crippen molar-refractivity contribution in [3.63, 3.8) is 0 Å². The first-order valence-corrected chi connectivity index (χ1v) is 11.9. The third-order valence-corrected chi connectivity index (χ3v) is 7.80. The van der Waals surface area contributed by atoms with Gasteiger partial charge in [-0.15, -0.1) is 24.2 Å². The molecule has 1 aliphatic rings. The van der Waals surface area contributed by atoms with Gasteiger partial charge in [-0.25, -0.2) is 8.42 Å². The summed E-state index contributed by atoms with van der Waals surface area (Å²) in [7, 11) is -3.31. The molecule has 1 saturated heterocycles. The Morgan fingerprint density at radius 2 is 2.00 bits per heavy atom. The standard InChI is InChI=1S/C19H30N2O3S2.ClH/c1-4-12-21(16-10-11-20-14-16)19(22)15(3)25-17-8-6-7-9-18(17)26(23,24)13-5-2;/h6-9,15-16,20H,4-5,10-14H2,1-3H3;1H. The topological polar surface area (TPSA) is 66.5 Å². The normalized spacial score (nSPS) is 18.0. The lowest BCUT2D eigenvalue weighted by molar-refractivity contribution is -0.132. The van der Waals surface area contributed by atoms with Crippen LogP contribution in [0.1, 0.15) is 40.0 Å². The molecule has 0 aliphatic carbocycles. The maximum atomic E-state index is 13.0. The zero-order valence-electron chi connectivity index (χ0n) is 16.3. The fourth-order valence-electron chi connectivity index (χ4n) is 3.28. The molecule has 154 valence electrons. The monoisotopic (exact) mass is 434 g/mol. The van der Waals surface area contributed by atoms with Gasteiger partial charge in [-0.3, -0.25) is 4.79 Å². The summed E-state index contributed by atoms with van der Waals surface area (Å²) in [4.78, 5) is 16.0. The van der Waals surface area contributed by atoms with Gasteiger partial charge in [-0.05, 0) is 44.9 Å². The van der Waals surface area contributed by atoms with E-state index >= 15 is 0 Å². The quantitative estimate of drug-likeness (QED) is 0.603. The van der Waals surface area contributed by atoms with Crippen LogP contribution in [0.15, 0.2) is 34.1 Å². The van der Waals surface area contributed by atoms with Crippen LogP contribution in [0.25, 0.3) is 0 Å². The fourth-order valence-corrected chi connectivity index (χ4v) is 6.18. The summed E-state index contributed by atoms with van der Waals surface area (Å²) in [5.74, 6) is 0.219. The number of nitrogens with zero attached hydrogens (tertiary/aromatic N) is 1. The van der Waals surface area contributed by atoms with Crippen molar-refractivity contribution in [1.82, 2.24) is 10.2 Å². The van der Waals surface area contributed by atoms with Gasteiger partial charge in [-0.1, -0.05) is 26.0 Å². The molecule has 1 aliphatic heterocycles. The highest BCUT2D eigenvalue weighted by Gasteiger charge is 2.30. The lowest BCUT2D eigenvalue weighted by Crippen LogP contribution is -2.45. The minimum Gasteiger partial charge on any atom is -0.337 e. The Kier molecular flexibility index (Phi) is 10.2. The van der Waals surface area contributed by atoms with Crippen LogP contribution < -0.4 is 5.32 Å². The van der Waals surface area contributed by atoms with E-state index in [2.05, 4.69) is 12.2 Å². The van der Waals surface area contributed by atoms with Gasteiger partial charge in [0.1, 0.15) is 0 Å². The van der Waals surface area contributed by atoms with Crippen molar-refractivity contribution in [3.8, 4) is 0 Å². The predicted octanol–water partition coefficient (Wildman–Crippen LogP) is 3.37. The maximum absolute atomic E-state index is 13.0. The van der Waals surface area contributed by atoms with Crippen molar-refractivity contribution >= 4 is 39.9 Å². The van der Waals surface area contributed by atoms with Crippen LogP contribution in [-0.2, 0) is 14.6 Å². The molecule has 0 radical (unpaired) electrons. The SMILES string of the molecule is CCCN(C(=O)C(C)Sc1ccccc1S(=O)(=O)CCC)C1CCNC1.Cl. The lowest BCUT2D eigenvalue weighted by Gasteiger charge is -2.30. The molecule has 2 atom stereocenters. The second-order valence-electron chi connectivity index (χ2n) is 6.70. The van der Waals surface area contributed by atoms with E-state index in [1.807, 2.05) is 24.8 Å². The summed E-state index contributed by atoms with van der Waals surface area (Å²) < 4.78 is 25.1. The van der Waals surface area contributed by atoms with Gasteiger partial charge >= 0.3 is 0 Å². The van der Waals surface area contributed by atoms with Crippen LogP contribution in [0.2, 0.25) is 0 Å². The van der Waals surface area contributed by atoms with Crippen LogP contribution >= 0.6 is 24.2 Å². The Bertz CT molecular complexity index is 707. The summed E-state index contributed by atoms with van der Waals surface area (Å²) in [6, 6.07) is 7.26. The molecule has 0 bridgehead atoms. The number of thioether (sulfide) groups is 1. The Labute approximate surface area is 174 Å². The number of hydrogen-bond acceptors (Lipinski definition) is 5. The van der Waals surface area contributed by atoms with Crippen molar-refractivity contribution in [2.45, 2.75) is 61.1 Å². The molecule has 2 unspecified atom stereocenters. The molecule has 5 nitrogen and oxygen atoms in total. The number of nitrogens with one attached hydrogen (secondary N) is 1. The zero-order valence-corrected chi connectivity index (χ0v) is 18.8. The van der Waals surface area contributed by atoms with E-state index in [4.69, 9.17) is 0 Å². The molecule has 0 saturated carbocycles. The first kappa shape index (κ1) is 24.3. The number of halogens is 1. The second kappa shape index (κ2) is 11.3. The predicted molar refractivity (Wildman–Crippen MR) is 115 cm³/mol. The number of benzene rings is 1. The van der Waals surface area contributed by atoms with Gasteiger partial charge in [0.15, 0.2) is 9.84 Å². The van der Waals surface area contributed by atoms with Crippen LogP contribution in [0.5, 0.6) is 0 Å². The van der Waals surface area contributed by atoms with E-state index in [0.29, 0.717) is 16.2 Å². The number of carbonyl (C=O) groups excluding carboxylic acids is 1. The summed E-state index contributed by atoms with van der Waals surface area (Å²) >= 11 is 1.35. The Hall–Kier alpha value is -0.760. The molecule has 2 rings (SSSR count).